The number of phenolic OH excluding ortho intramolecular Hbond substituents is 3. The number of methoxy groups -OCH3 is 1. The van der Waals surface area contributed by atoms with Crippen LogP contribution in [0.3, 0.4) is 0 Å². The molecule has 2 aromatic carbocycles. The third kappa shape index (κ3) is 20.3. The number of nitrogens with one attached hydrogen (secondary N) is 3. The Morgan fingerprint density at radius 1 is 0.798 bits per heavy atom. The highest BCUT2D eigenvalue weighted by atomic mass is 16.7. The molecule has 38 heteroatoms. The van der Waals surface area contributed by atoms with Crippen molar-refractivity contribution in [3.63, 3.8) is 0 Å². The molecule has 3 aromatic rings. The predicted octanol–water partition coefficient (Wildman–Crippen LogP) is -4.40. The SMILES string of the molecule is CO[C@H]1/C=C/O[C@@]2(C)Oc3c(C)c(O)c4c(O)c(c(/C=N/N5CCN(C)CC5)c(O)c4c3C2=O)NC(=O)/C(C)=C\C=C\[C@H](C)[C@H](O)[C@@H](C)[C@@H](O)[C@@H](C)[C@H](OC(C)=O)[C@@H]1C.NCC[C@H](O)C(=O)N[C@@H]1C[C@H](N)[C@@H](O[C@H]2O[C@H](CN)[C@@H](O)[C@H](O)[C@H]2O)[C@H](O)[C@H]1O[C@H]1O[C@H](CO)[C@@H](O)[C@H](N)[C@H]1O.NNC(=O)c1ccncc1. The van der Waals surface area contributed by atoms with Crippen molar-refractivity contribution in [2.75, 3.05) is 65.3 Å². The van der Waals surface area contributed by atoms with E-state index >= 15 is 0 Å². The standard InChI is InChI=1S/C43H58N4O12.C22H43N5O13.C6H7N3O/c1-21-12-11-13-22(2)42(55)45-33-28(20-44-47-17-15-46(9)16-18-47)37(52)30-31(38(33)53)36(51)26(6)40-32(30)41(54)43(8,59-40)57-19-14-29(56-10)23(3)39(58-27(7)48)25(5)35(50)24(4)34(21)49;23-2-1-8(29)20(36)27-7-3-6(25)18(39-22-16(34)15(33)13(31)9(4-24)37-22)17(35)19(7)40-21-14(32)11(26)12(30)10(5-28)38-21;7-9-6(10)5-1-3-8-4-2-5/h11-14,19-21,23-25,29,34-35,39,49-53H,15-18H2,1-10H3,(H,45,55);6-19,21-22,28-35H,1-5,23-26H2,(H,27,36);1-4H,7H2,(H,9,10)/b12-11+,19-14+,22-13-,44-20+;;/t21-,23+,24+,25+,29-,34-,35+,39+,43-;6-,7+,8-,9+,10+,11-,12+,13+,14+,15-,16+,17-,18+,19-,21+,22+;/m00./s1. The molecule has 0 radical (unpaired) electrons. The van der Waals surface area contributed by atoms with Crippen molar-refractivity contribution in [3.8, 4) is 23.0 Å². The zero-order chi connectivity index (χ0) is 81.0. The van der Waals surface area contributed by atoms with Gasteiger partial charge in [-0.15, -0.1) is 0 Å². The molecule has 10 rings (SSSR count). The Morgan fingerprint density at radius 2 is 1.43 bits per heavy atom. The van der Waals surface area contributed by atoms with E-state index in [2.05, 4.69) is 25.6 Å². The smallest absolute Gasteiger partial charge is 0.312 e. The van der Waals surface area contributed by atoms with Gasteiger partial charge in [-0.2, -0.15) is 5.10 Å². The van der Waals surface area contributed by atoms with E-state index in [-0.39, 0.29) is 76.3 Å². The third-order valence-corrected chi connectivity index (χ3v) is 20.4. The van der Waals surface area contributed by atoms with E-state index in [4.69, 9.17) is 66.7 Å². The number of likely N-dealkylation sites (N-methyl/N-ethyl adjacent to an activating group) is 1. The number of fused-ring (bicyclic) bond motifs is 14. The molecule has 1 aliphatic carbocycles. The average molecular weight is 1550 g/mol. The van der Waals surface area contributed by atoms with Crippen LogP contribution in [-0.2, 0) is 47.5 Å². The first-order valence-electron chi connectivity index (χ1n) is 35.6. The van der Waals surface area contributed by atoms with Gasteiger partial charge in [-0.05, 0) is 58.5 Å². The lowest BCUT2D eigenvalue weighted by atomic mass is 9.78. The van der Waals surface area contributed by atoms with Gasteiger partial charge in [-0.3, -0.25) is 39.4 Å². The highest BCUT2D eigenvalue weighted by Gasteiger charge is 2.54. The lowest BCUT2D eigenvalue weighted by molar-refractivity contribution is -0.332. The Hall–Kier alpha value is -7.75. The summed E-state index contributed by atoms with van der Waals surface area (Å²) in [5.74, 6) is -4.61. The maximum Gasteiger partial charge on any atom is 0.312 e. The number of benzene rings is 2. The summed E-state index contributed by atoms with van der Waals surface area (Å²) in [6.45, 7) is 14.2. The Bertz CT molecular complexity index is 3720. The van der Waals surface area contributed by atoms with Crippen molar-refractivity contribution in [1.82, 2.24) is 25.6 Å². The normalized spacial score (nSPS) is 35.4. The highest BCUT2D eigenvalue weighted by molar-refractivity contribution is 6.24. The van der Waals surface area contributed by atoms with Crippen LogP contribution in [-0.4, -0.2) is 305 Å². The number of ketones is 1. The number of phenols is 3. The average Bonchev–Trinajstić information content (AvgIpc) is 1.61. The second kappa shape index (κ2) is 38.9. The summed E-state index contributed by atoms with van der Waals surface area (Å²) < 4.78 is 46.1. The molecule has 4 fully saturated rings. The van der Waals surface area contributed by atoms with Crippen molar-refractivity contribution < 1.29 is 128 Å². The largest absolute Gasteiger partial charge is 0.507 e. The number of nitrogen functional groups attached to an aromatic ring is 1. The maximum atomic E-state index is 14.4. The molecule has 7 aliphatic rings. The first kappa shape index (κ1) is 88.5. The number of anilines is 1. The van der Waals surface area contributed by atoms with Gasteiger partial charge in [0.25, 0.3) is 17.6 Å². The van der Waals surface area contributed by atoms with E-state index in [0.717, 1.165) is 13.1 Å². The number of Topliss-reactive ketones (excluding diaryl/α,β-unsaturated/α-hetero) is 1. The third-order valence-electron chi connectivity index (χ3n) is 20.4. The predicted molar refractivity (Wildman–Crippen MR) is 388 cm³/mol. The number of amides is 3. The summed E-state index contributed by atoms with van der Waals surface area (Å²) >= 11 is 0. The van der Waals surface area contributed by atoms with Crippen LogP contribution in [0.5, 0.6) is 23.0 Å². The molecule has 25 atom stereocenters. The molecule has 5 bridgehead atoms. The Morgan fingerprint density at radius 3 is 2.04 bits per heavy atom. The van der Waals surface area contributed by atoms with E-state index in [1.165, 1.54) is 71.8 Å². The monoisotopic (exact) mass is 1540 g/mol. The van der Waals surface area contributed by atoms with Crippen LogP contribution in [0.15, 0.2) is 65.8 Å². The van der Waals surface area contributed by atoms with Crippen LogP contribution >= 0.6 is 0 Å². The van der Waals surface area contributed by atoms with Gasteiger partial charge < -0.3 is 143 Å². The molecule has 3 amide bonds. The summed E-state index contributed by atoms with van der Waals surface area (Å²) in [4.78, 5) is 69.7. The molecule has 1 saturated carbocycles. The molecule has 0 spiro atoms. The molecule has 608 valence electrons. The van der Waals surface area contributed by atoms with Gasteiger partial charge in [0.1, 0.15) is 90.5 Å². The number of hydrogen-bond acceptors (Lipinski definition) is 35. The number of piperazine rings is 1. The number of aliphatic hydroxyl groups excluding tert-OH is 10. The zero-order valence-corrected chi connectivity index (χ0v) is 62.3. The molecule has 38 nitrogen and oxygen atoms in total. The number of hydrazone groups is 1. The Balaban J connectivity index is 0.000000283. The molecule has 0 unspecified atom stereocenters. The number of hydrogen-bond donors (Lipinski definition) is 21. The molecule has 6 aliphatic heterocycles. The molecule has 26 N–H and O–H groups in total. The maximum absolute atomic E-state index is 14.4. The van der Waals surface area contributed by atoms with Gasteiger partial charge in [0, 0.05) is 118 Å². The Labute approximate surface area is 628 Å². The summed E-state index contributed by atoms with van der Waals surface area (Å²) in [5.41, 5.74) is 25.3. The van der Waals surface area contributed by atoms with Crippen LogP contribution in [0.25, 0.3) is 10.8 Å². The van der Waals surface area contributed by atoms with Crippen molar-refractivity contribution in [1.29, 1.82) is 0 Å². The fraction of sp³-hybridized carbons (Fsp3) is 0.620. The topological polar surface area (TPSA) is 620 Å². The summed E-state index contributed by atoms with van der Waals surface area (Å²) in [7, 11) is 3.42. The number of aromatic nitrogens is 1. The number of rotatable bonds is 15. The van der Waals surface area contributed by atoms with Crippen molar-refractivity contribution >= 4 is 52.1 Å². The van der Waals surface area contributed by atoms with E-state index in [1.807, 2.05) is 12.5 Å². The summed E-state index contributed by atoms with van der Waals surface area (Å²) in [6.07, 6.45) is -11.9. The van der Waals surface area contributed by atoms with Gasteiger partial charge in [0.15, 0.2) is 18.3 Å². The van der Waals surface area contributed by atoms with Crippen molar-refractivity contribution in [2.45, 2.75) is 196 Å². The summed E-state index contributed by atoms with van der Waals surface area (Å²) in [5, 5.41) is 152. The van der Waals surface area contributed by atoms with Gasteiger partial charge in [-0.1, -0.05) is 45.9 Å². The molecular formula is C71H108N12O26. The number of esters is 1. The summed E-state index contributed by atoms with van der Waals surface area (Å²) in [6, 6.07) is -0.283. The van der Waals surface area contributed by atoms with Gasteiger partial charge in [0.2, 0.25) is 5.91 Å². The van der Waals surface area contributed by atoms with E-state index < -0.39 is 199 Å². The number of carbonyl (C=O) groups is 5. The van der Waals surface area contributed by atoms with Gasteiger partial charge in [0.05, 0.1) is 71.7 Å². The first-order chi connectivity index (χ1) is 51.4. The molecular weight excluding hydrogens is 1440 g/mol. The number of ether oxygens (including phenoxy) is 8. The highest BCUT2D eigenvalue weighted by Crippen LogP contribution is 2.55. The van der Waals surface area contributed by atoms with E-state index in [9.17, 15) is 90.4 Å². The lowest BCUT2D eigenvalue weighted by Crippen LogP contribution is -2.69. The number of hydrazine groups is 1. The second-order valence-electron chi connectivity index (χ2n) is 28.2. The first-order valence-corrected chi connectivity index (χ1v) is 35.6. The Kier molecular flexibility index (Phi) is 31.6. The van der Waals surface area contributed by atoms with Crippen LogP contribution in [0.1, 0.15) is 93.2 Å². The molecule has 1 aromatic heterocycles. The molecule has 7 heterocycles. The number of nitrogens with zero attached hydrogens (tertiary/aromatic N) is 4. The fourth-order valence-corrected chi connectivity index (χ4v) is 13.6. The van der Waals surface area contributed by atoms with E-state index in [0.29, 0.717) is 18.7 Å². The number of nitrogens with two attached hydrogens (primary N) is 5. The fourth-order valence-electron chi connectivity index (χ4n) is 13.6. The van der Waals surface area contributed by atoms with Crippen LogP contribution < -0.4 is 49.6 Å². The van der Waals surface area contributed by atoms with Crippen LogP contribution in [0.4, 0.5) is 5.69 Å². The quantitative estimate of drug-likeness (QED) is 0.0130. The van der Waals surface area contributed by atoms with Crippen LogP contribution in [0.2, 0.25) is 0 Å². The number of allylic oxidation sites excluding steroid dienone is 2. The number of carbonyl (C=O) groups excluding carboxylic acids is 5. The van der Waals surface area contributed by atoms with Crippen molar-refractivity contribution in [2.24, 2.45) is 57.6 Å². The van der Waals surface area contributed by atoms with Gasteiger partial charge >= 0.3 is 11.8 Å². The minimum Gasteiger partial charge on any atom is -0.507 e. The number of pyridine rings is 1. The van der Waals surface area contributed by atoms with Gasteiger partial charge in [-0.25, -0.2) is 5.84 Å². The number of aliphatic hydroxyl groups is 10. The lowest BCUT2D eigenvalue weighted by Gasteiger charge is -2.49. The van der Waals surface area contributed by atoms with Crippen molar-refractivity contribution in [3.05, 3.63) is 82.9 Å². The van der Waals surface area contributed by atoms with E-state index in [1.54, 1.807) is 57.0 Å². The minimum atomic E-state index is -2.04. The zero-order valence-electron chi connectivity index (χ0n) is 62.3. The second-order valence-corrected chi connectivity index (χ2v) is 28.2. The molecule has 109 heavy (non-hydrogen) atoms. The number of aromatic hydroxyl groups is 3. The van der Waals surface area contributed by atoms with Crippen LogP contribution in [0, 0.1) is 30.6 Å². The minimum absolute atomic E-state index is 0.0101. The molecule has 3 saturated heterocycles.